The Morgan fingerprint density at radius 3 is 2.06 bits per heavy atom. The molecule has 270 valence electrons. The number of benzene rings is 1. The minimum Gasteiger partial charge on any atom is -0.468 e. The molecule has 5 aliphatic rings. The van der Waals surface area contributed by atoms with Crippen LogP contribution in [0.4, 0.5) is 0 Å². The summed E-state index contributed by atoms with van der Waals surface area (Å²) in [5.41, 5.74) is 5.04. The Morgan fingerprint density at radius 2 is 1.47 bits per heavy atom. The summed E-state index contributed by atoms with van der Waals surface area (Å²) in [4.78, 5) is 13.5. The first kappa shape index (κ1) is 36.7. The maximum atomic E-state index is 13.5. The van der Waals surface area contributed by atoms with Crippen LogP contribution in [0.5, 0.6) is 0 Å². The van der Waals surface area contributed by atoms with Gasteiger partial charge < -0.3 is 24.8 Å². The zero-order valence-corrected chi connectivity index (χ0v) is 30.7. The van der Waals surface area contributed by atoms with Crippen molar-refractivity contribution in [3.8, 4) is 0 Å². The van der Waals surface area contributed by atoms with Gasteiger partial charge in [0.05, 0.1) is 34.8 Å². The van der Waals surface area contributed by atoms with Crippen molar-refractivity contribution in [3.63, 3.8) is 0 Å². The highest BCUT2D eigenvalue weighted by Crippen LogP contribution is 2.45. The number of esters is 1. The van der Waals surface area contributed by atoms with E-state index >= 15 is 0 Å². The van der Waals surface area contributed by atoms with Gasteiger partial charge in [0.2, 0.25) is 0 Å². The highest BCUT2D eigenvalue weighted by Gasteiger charge is 2.48. The predicted octanol–water partition coefficient (Wildman–Crippen LogP) is 7.35. The van der Waals surface area contributed by atoms with Crippen molar-refractivity contribution in [2.24, 2.45) is 29.6 Å². The molecule has 49 heavy (non-hydrogen) atoms. The summed E-state index contributed by atoms with van der Waals surface area (Å²) < 4.78 is 12.7. The first-order chi connectivity index (χ1) is 23.6. The predicted molar refractivity (Wildman–Crippen MR) is 196 cm³/mol. The Hall–Kier alpha value is -2.10. The lowest BCUT2D eigenvalue weighted by Crippen LogP contribution is -2.49. The summed E-state index contributed by atoms with van der Waals surface area (Å²) >= 11 is 1.83. The number of ether oxygens (including phenoxy) is 2. The number of thioether (sulfide) groups is 1. The molecule has 6 rings (SSSR count). The number of aliphatic hydroxyl groups excluding tert-OH is 3. The molecular formula is C41H59NO6S. The van der Waals surface area contributed by atoms with E-state index in [9.17, 15) is 20.1 Å². The minimum atomic E-state index is -0.892. The molecule has 0 amide bonds. The number of carbonyl (C=O) groups excluding carboxylic acids is 1. The molecule has 2 saturated carbocycles. The fourth-order valence-corrected chi connectivity index (χ4v) is 10.6. The highest BCUT2D eigenvalue weighted by molar-refractivity contribution is 8.01. The molecular weight excluding hydrogens is 635 g/mol. The lowest BCUT2D eigenvalue weighted by atomic mass is 9.78. The average Bonchev–Trinajstić information content (AvgIpc) is 3.58. The summed E-state index contributed by atoms with van der Waals surface area (Å²) in [5, 5.41) is 35.9. The van der Waals surface area contributed by atoms with Crippen LogP contribution < -0.4 is 5.32 Å². The van der Waals surface area contributed by atoms with Gasteiger partial charge in [0.1, 0.15) is 11.9 Å². The van der Waals surface area contributed by atoms with Crippen molar-refractivity contribution in [2.75, 3.05) is 0 Å². The van der Waals surface area contributed by atoms with E-state index in [2.05, 4.69) is 61.7 Å². The Bertz CT molecular complexity index is 1360. The van der Waals surface area contributed by atoms with Crippen LogP contribution in [0.25, 0.3) is 5.57 Å². The Balaban J connectivity index is 1.13. The van der Waals surface area contributed by atoms with Crippen molar-refractivity contribution < 1.29 is 29.6 Å². The maximum Gasteiger partial charge on any atom is 0.309 e. The molecule has 8 unspecified atom stereocenters. The first-order valence-electron chi connectivity index (χ1n) is 19.1. The van der Waals surface area contributed by atoms with E-state index < -0.39 is 6.29 Å². The SMILES string of the molecule is CCC(O)C1CCC(C(=O)OC2CC=C(OC(O)C3CCC(C(O)CC)CC3)C3SC(C4C=CC(c5cc(C)cc(C)c5)=CC4)NC23)CC1. The van der Waals surface area contributed by atoms with Crippen LogP contribution >= 0.6 is 11.8 Å². The van der Waals surface area contributed by atoms with E-state index in [1.165, 1.54) is 22.3 Å². The van der Waals surface area contributed by atoms with Gasteiger partial charge in [0.15, 0.2) is 6.29 Å². The maximum absolute atomic E-state index is 13.5. The number of fused-ring (bicyclic) bond motifs is 1. The van der Waals surface area contributed by atoms with Crippen molar-refractivity contribution in [1.82, 2.24) is 5.32 Å². The molecule has 1 aromatic carbocycles. The smallest absolute Gasteiger partial charge is 0.309 e. The fraction of sp³-hybridized carbons (Fsp3) is 0.683. The highest BCUT2D eigenvalue weighted by atomic mass is 32.2. The van der Waals surface area contributed by atoms with Crippen LogP contribution in [0.15, 0.2) is 48.3 Å². The molecule has 0 aromatic heterocycles. The van der Waals surface area contributed by atoms with Crippen molar-refractivity contribution in [3.05, 3.63) is 65.0 Å². The third kappa shape index (κ3) is 8.69. The molecule has 8 atom stereocenters. The van der Waals surface area contributed by atoms with Crippen molar-refractivity contribution in [1.29, 1.82) is 0 Å². The van der Waals surface area contributed by atoms with Crippen LogP contribution in [-0.2, 0) is 14.3 Å². The Kier molecular flexibility index (Phi) is 12.3. The second-order valence-electron chi connectivity index (χ2n) is 15.5. The average molecular weight is 694 g/mol. The minimum absolute atomic E-state index is 0.0433. The number of rotatable bonds is 11. The van der Waals surface area contributed by atoms with Gasteiger partial charge in [-0.15, -0.1) is 11.8 Å². The molecule has 4 N–H and O–H groups in total. The molecule has 3 fully saturated rings. The van der Waals surface area contributed by atoms with Crippen molar-refractivity contribution >= 4 is 23.3 Å². The number of carbonyl (C=O) groups is 1. The second kappa shape index (κ2) is 16.5. The van der Waals surface area contributed by atoms with Crippen LogP contribution in [0, 0.1) is 43.4 Å². The largest absolute Gasteiger partial charge is 0.468 e. The molecule has 0 radical (unpaired) electrons. The van der Waals surface area contributed by atoms with Crippen LogP contribution in [0.3, 0.4) is 0 Å². The molecule has 0 spiro atoms. The van der Waals surface area contributed by atoms with Gasteiger partial charge in [-0.05, 0) is 114 Å². The van der Waals surface area contributed by atoms with E-state index in [1.54, 1.807) is 0 Å². The van der Waals surface area contributed by atoms with Gasteiger partial charge in [-0.25, -0.2) is 0 Å². The number of hydrogen-bond donors (Lipinski definition) is 4. The van der Waals surface area contributed by atoms with E-state index in [0.717, 1.165) is 76.4 Å². The summed E-state index contributed by atoms with van der Waals surface area (Å²) in [6, 6.07) is 6.58. The third-order valence-corrected chi connectivity index (χ3v) is 13.7. The molecule has 0 bridgehead atoms. The van der Waals surface area contributed by atoms with Gasteiger partial charge in [-0.1, -0.05) is 61.4 Å². The standard InChI is InChI=1S/C41H59NO6S/c1-5-33(43)27-9-15-30(16-10-27)40(45)47-35-19-20-36(48-41(46)31-17-11-28(12-18-31)34(44)6-2)38-37(35)42-39(49-38)29-13-7-26(8-14-29)32-22-24(3)21-25(4)23-32/h7-8,13,20-23,27-31,33-35,37-39,41-44,46H,5-6,9-12,14-19H2,1-4H3. The van der Waals surface area contributed by atoms with Gasteiger partial charge in [0.25, 0.3) is 0 Å². The zero-order chi connectivity index (χ0) is 34.7. The van der Waals surface area contributed by atoms with Gasteiger partial charge in [0, 0.05) is 18.3 Å². The van der Waals surface area contributed by atoms with E-state index in [4.69, 9.17) is 9.47 Å². The van der Waals surface area contributed by atoms with Gasteiger partial charge in [-0.2, -0.15) is 0 Å². The zero-order valence-electron chi connectivity index (χ0n) is 29.9. The fourth-order valence-electron chi connectivity index (χ4n) is 8.98. The quantitative estimate of drug-likeness (QED) is 0.141. The van der Waals surface area contributed by atoms with Gasteiger partial charge >= 0.3 is 5.97 Å². The van der Waals surface area contributed by atoms with Gasteiger partial charge in [-0.3, -0.25) is 10.1 Å². The van der Waals surface area contributed by atoms with E-state index in [1.807, 2.05) is 25.6 Å². The Labute approximate surface area is 298 Å². The molecule has 1 heterocycles. The Morgan fingerprint density at radius 1 is 0.857 bits per heavy atom. The summed E-state index contributed by atoms with van der Waals surface area (Å²) in [6.45, 7) is 8.33. The summed E-state index contributed by atoms with van der Waals surface area (Å²) in [5.74, 6) is 1.44. The number of hydrogen-bond acceptors (Lipinski definition) is 8. The third-order valence-electron chi connectivity index (χ3n) is 12.1. The number of nitrogens with one attached hydrogen (secondary N) is 1. The van der Waals surface area contributed by atoms with E-state index in [-0.39, 0.29) is 64.6 Å². The van der Waals surface area contributed by atoms with E-state index in [0.29, 0.717) is 12.3 Å². The molecule has 1 aromatic rings. The normalized spacial score (nSPS) is 35.0. The van der Waals surface area contributed by atoms with Crippen LogP contribution in [-0.4, -0.2) is 62.6 Å². The lowest BCUT2D eigenvalue weighted by molar-refractivity contribution is -0.158. The molecule has 1 aliphatic heterocycles. The number of aliphatic hydroxyl groups is 3. The molecule has 8 heteroatoms. The number of aryl methyl sites for hydroxylation is 2. The number of allylic oxidation sites excluding steroid dienone is 3. The topological polar surface area (TPSA) is 108 Å². The second-order valence-corrected chi connectivity index (χ2v) is 16.8. The first-order valence-corrected chi connectivity index (χ1v) is 20.1. The monoisotopic (exact) mass is 693 g/mol. The lowest BCUT2D eigenvalue weighted by Gasteiger charge is -2.37. The summed E-state index contributed by atoms with van der Waals surface area (Å²) in [6.07, 6.45) is 17.0. The molecule has 7 nitrogen and oxygen atoms in total. The van der Waals surface area contributed by atoms with Crippen molar-refractivity contribution in [2.45, 2.75) is 146 Å². The summed E-state index contributed by atoms with van der Waals surface area (Å²) in [7, 11) is 0. The van der Waals surface area contributed by atoms with Crippen LogP contribution in [0.1, 0.15) is 108 Å². The van der Waals surface area contributed by atoms with Crippen LogP contribution in [0.2, 0.25) is 0 Å². The molecule has 1 saturated heterocycles. The molecule has 4 aliphatic carbocycles.